The number of Topliss-reactive ketones (excluding diaryl/α,β-unsaturated/α-hetero) is 2. The van der Waals surface area contributed by atoms with Gasteiger partial charge in [0, 0.05) is 17.8 Å². The van der Waals surface area contributed by atoms with Crippen LogP contribution in [0, 0.1) is 10.8 Å². The van der Waals surface area contributed by atoms with Gasteiger partial charge in [-0.3, -0.25) is 14.4 Å². The van der Waals surface area contributed by atoms with Gasteiger partial charge in [0.05, 0.1) is 0 Å². The molecule has 0 aliphatic heterocycles. The van der Waals surface area contributed by atoms with E-state index in [1.165, 1.54) is 6.92 Å². The lowest BCUT2D eigenvalue weighted by Gasteiger charge is -2.27. The number of carbonyl (C=O) groups excluding carboxylic acids is 3. The highest BCUT2D eigenvalue weighted by molar-refractivity contribution is 6.10. The van der Waals surface area contributed by atoms with Gasteiger partial charge in [-0.05, 0) is 0 Å². The third-order valence-electron chi connectivity index (χ3n) is 2.24. The summed E-state index contributed by atoms with van der Waals surface area (Å²) >= 11 is 0. The number of ketones is 2. The van der Waals surface area contributed by atoms with Gasteiger partial charge in [0.2, 0.25) is 6.10 Å². The van der Waals surface area contributed by atoms with Crippen molar-refractivity contribution in [3.63, 3.8) is 0 Å². The molecular weight excluding hydrogens is 220 g/mol. The Balaban J connectivity index is 5.23. The van der Waals surface area contributed by atoms with Gasteiger partial charge in [0.1, 0.15) is 0 Å². The fraction of sp³-hybridized carbons (Fsp3) is 0.769. The maximum atomic E-state index is 12.1. The van der Waals surface area contributed by atoms with Gasteiger partial charge < -0.3 is 4.74 Å². The Morgan fingerprint density at radius 3 is 1.29 bits per heavy atom. The van der Waals surface area contributed by atoms with E-state index in [1.54, 1.807) is 41.5 Å². The molecule has 0 bridgehead atoms. The molecule has 0 amide bonds. The first-order valence-corrected chi connectivity index (χ1v) is 5.63. The molecular formula is C13H22O4. The molecule has 0 aromatic heterocycles. The zero-order valence-corrected chi connectivity index (χ0v) is 11.7. The van der Waals surface area contributed by atoms with Crippen LogP contribution in [0.3, 0.4) is 0 Å². The maximum absolute atomic E-state index is 12.1. The number of hydrogen-bond donors (Lipinski definition) is 0. The summed E-state index contributed by atoms with van der Waals surface area (Å²) in [5, 5.41) is 0. The Morgan fingerprint density at radius 1 is 0.824 bits per heavy atom. The lowest BCUT2D eigenvalue weighted by Crippen LogP contribution is -2.45. The predicted molar refractivity (Wildman–Crippen MR) is 64.5 cm³/mol. The monoisotopic (exact) mass is 242 g/mol. The smallest absolute Gasteiger partial charge is 0.303 e. The highest BCUT2D eigenvalue weighted by Crippen LogP contribution is 2.25. The molecule has 0 N–H and O–H groups in total. The van der Waals surface area contributed by atoms with Crippen molar-refractivity contribution < 1.29 is 19.1 Å². The van der Waals surface area contributed by atoms with Crippen LogP contribution in [0.15, 0.2) is 0 Å². The number of rotatable bonds is 3. The van der Waals surface area contributed by atoms with E-state index in [0.717, 1.165) is 0 Å². The van der Waals surface area contributed by atoms with E-state index >= 15 is 0 Å². The summed E-state index contributed by atoms with van der Waals surface area (Å²) in [7, 11) is 0. The second-order valence-corrected chi connectivity index (χ2v) is 6.22. The van der Waals surface area contributed by atoms with Crippen molar-refractivity contribution in [1.82, 2.24) is 0 Å². The lowest BCUT2D eigenvalue weighted by molar-refractivity contribution is -0.163. The molecule has 0 radical (unpaired) electrons. The first kappa shape index (κ1) is 15.8. The molecule has 17 heavy (non-hydrogen) atoms. The van der Waals surface area contributed by atoms with Crippen molar-refractivity contribution in [2.45, 2.75) is 54.6 Å². The molecule has 4 heteroatoms. The Bertz CT molecular complexity index is 302. The van der Waals surface area contributed by atoms with E-state index in [9.17, 15) is 14.4 Å². The van der Waals surface area contributed by atoms with Crippen LogP contribution in [-0.2, 0) is 19.1 Å². The average Bonchev–Trinajstić information content (AvgIpc) is 2.08. The largest absolute Gasteiger partial charge is 0.446 e. The number of esters is 1. The van der Waals surface area contributed by atoms with Crippen molar-refractivity contribution in [2.24, 2.45) is 10.8 Å². The second-order valence-electron chi connectivity index (χ2n) is 6.22. The molecule has 4 nitrogen and oxygen atoms in total. The van der Waals surface area contributed by atoms with Crippen LogP contribution in [0.4, 0.5) is 0 Å². The van der Waals surface area contributed by atoms with Gasteiger partial charge in [-0.25, -0.2) is 0 Å². The molecule has 0 atom stereocenters. The van der Waals surface area contributed by atoms with Gasteiger partial charge in [-0.15, -0.1) is 0 Å². The molecule has 0 saturated carbocycles. The van der Waals surface area contributed by atoms with E-state index in [0.29, 0.717) is 0 Å². The Morgan fingerprint density at radius 2 is 1.12 bits per heavy atom. The van der Waals surface area contributed by atoms with Crippen molar-refractivity contribution >= 4 is 17.5 Å². The SMILES string of the molecule is CC(=O)OC(C(=O)C(C)(C)C)C(=O)C(C)(C)C. The van der Waals surface area contributed by atoms with Gasteiger partial charge in [0.15, 0.2) is 11.6 Å². The molecule has 0 fully saturated rings. The van der Waals surface area contributed by atoms with Crippen LogP contribution in [0.1, 0.15) is 48.5 Å². The van der Waals surface area contributed by atoms with Crippen LogP contribution in [0.2, 0.25) is 0 Å². The minimum atomic E-state index is -1.30. The van der Waals surface area contributed by atoms with E-state index in [4.69, 9.17) is 4.74 Å². The minimum Gasteiger partial charge on any atom is -0.446 e. The first-order valence-electron chi connectivity index (χ1n) is 5.63. The number of ether oxygens (including phenoxy) is 1. The fourth-order valence-electron chi connectivity index (χ4n) is 1.18. The van der Waals surface area contributed by atoms with Gasteiger partial charge in [0.25, 0.3) is 0 Å². The van der Waals surface area contributed by atoms with E-state index < -0.39 is 22.9 Å². The topological polar surface area (TPSA) is 60.4 Å². The van der Waals surface area contributed by atoms with Crippen molar-refractivity contribution in [3.05, 3.63) is 0 Å². The van der Waals surface area contributed by atoms with Gasteiger partial charge in [-0.1, -0.05) is 41.5 Å². The van der Waals surface area contributed by atoms with Crippen LogP contribution in [-0.4, -0.2) is 23.6 Å². The zero-order valence-electron chi connectivity index (χ0n) is 11.7. The highest BCUT2D eigenvalue weighted by atomic mass is 16.5. The molecule has 0 unspecified atom stereocenters. The Labute approximate surface area is 103 Å². The molecule has 0 saturated heterocycles. The highest BCUT2D eigenvalue weighted by Gasteiger charge is 2.41. The third-order valence-corrected chi connectivity index (χ3v) is 2.24. The molecule has 0 aromatic rings. The van der Waals surface area contributed by atoms with Crippen LogP contribution in [0.5, 0.6) is 0 Å². The molecule has 0 heterocycles. The van der Waals surface area contributed by atoms with E-state index in [2.05, 4.69) is 0 Å². The Kier molecular flexibility index (Phi) is 4.63. The number of carbonyl (C=O) groups is 3. The summed E-state index contributed by atoms with van der Waals surface area (Å²) in [6, 6.07) is 0. The third kappa shape index (κ3) is 4.67. The summed E-state index contributed by atoms with van der Waals surface area (Å²) in [6.07, 6.45) is -1.30. The first-order chi connectivity index (χ1) is 7.37. The van der Waals surface area contributed by atoms with Crippen molar-refractivity contribution in [2.75, 3.05) is 0 Å². The molecule has 0 aliphatic rings. The zero-order chi connectivity index (χ0) is 14.0. The van der Waals surface area contributed by atoms with Crippen molar-refractivity contribution in [3.8, 4) is 0 Å². The second kappa shape index (κ2) is 4.98. The predicted octanol–water partition coefficient (Wildman–Crippen LogP) is 2.15. The minimum absolute atomic E-state index is 0.368. The van der Waals surface area contributed by atoms with E-state index in [1.807, 2.05) is 0 Å². The average molecular weight is 242 g/mol. The fourth-order valence-corrected chi connectivity index (χ4v) is 1.18. The molecule has 0 aliphatic carbocycles. The summed E-state index contributed by atoms with van der Waals surface area (Å²) < 4.78 is 4.89. The lowest BCUT2D eigenvalue weighted by atomic mass is 9.80. The molecule has 0 rings (SSSR count). The van der Waals surface area contributed by atoms with Crippen LogP contribution < -0.4 is 0 Å². The molecule has 0 aromatic carbocycles. The maximum Gasteiger partial charge on any atom is 0.303 e. The Hall–Kier alpha value is -1.19. The summed E-state index contributed by atoms with van der Waals surface area (Å²) in [4.78, 5) is 35.2. The number of hydrogen-bond acceptors (Lipinski definition) is 4. The van der Waals surface area contributed by atoms with Crippen molar-refractivity contribution in [1.29, 1.82) is 0 Å². The van der Waals surface area contributed by atoms with Crippen LogP contribution >= 0.6 is 0 Å². The van der Waals surface area contributed by atoms with Crippen LogP contribution in [0.25, 0.3) is 0 Å². The molecule has 98 valence electrons. The normalized spacial score (nSPS) is 12.5. The summed E-state index contributed by atoms with van der Waals surface area (Å²) in [5.41, 5.74) is -1.44. The standard InChI is InChI=1S/C13H22O4/c1-8(14)17-9(10(15)12(2,3)4)11(16)13(5,6)7/h9H,1-7H3. The summed E-state index contributed by atoms with van der Waals surface area (Å²) in [5.74, 6) is -1.36. The quantitative estimate of drug-likeness (QED) is 0.562. The van der Waals surface area contributed by atoms with E-state index in [-0.39, 0.29) is 11.6 Å². The summed E-state index contributed by atoms with van der Waals surface area (Å²) in [6.45, 7) is 11.4. The van der Waals surface area contributed by atoms with Gasteiger partial charge in [-0.2, -0.15) is 0 Å². The molecule has 0 spiro atoms. The van der Waals surface area contributed by atoms with Gasteiger partial charge >= 0.3 is 5.97 Å².